The topological polar surface area (TPSA) is 91.3 Å². The van der Waals surface area contributed by atoms with Crippen LogP contribution < -0.4 is 11.5 Å². The molecule has 0 spiro atoms. The lowest BCUT2D eigenvalue weighted by Crippen LogP contribution is -2.38. The van der Waals surface area contributed by atoms with Gasteiger partial charge in [0.2, 0.25) is 0 Å². The monoisotopic (exact) mass is 521 g/mol. The van der Waals surface area contributed by atoms with Crippen LogP contribution in [-0.2, 0) is 18.5 Å². The zero-order valence-corrected chi connectivity index (χ0v) is 22.0. The fraction of sp³-hybridized carbons (Fsp3) is 0.281. The van der Waals surface area contributed by atoms with Gasteiger partial charge in [-0.1, -0.05) is 73.5 Å². The number of carbonyl (C=O) groups excluding carboxylic acids is 1. The number of aryl methyl sites for hydroxylation is 1. The van der Waals surface area contributed by atoms with Gasteiger partial charge in [-0.15, -0.1) is 0 Å². The first-order valence-corrected chi connectivity index (χ1v) is 13.3. The zero-order chi connectivity index (χ0) is 27.6. The number of hydrogen-bond acceptors (Lipinski definition) is 4. The van der Waals surface area contributed by atoms with Crippen LogP contribution in [0, 0.1) is 25.2 Å². The highest BCUT2D eigenvalue weighted by Crippen LogP contribution is 2.40. The van der Waals surface area contributed by atoms with Crippen molar-refractivity contribution in [1.29, 1.82) is 0 Å². The number of halogens is 1. The molecule has 1 atom stereocenters. The van der Waals surface area contributed by atoms with E-state index in [4.69, 9.17) is 18.0 Å². The Balaban J connectivity index is 1.49. The second kappa shape index (κ2) is 10.9. The molecular formula is C32H32FN5O. The Bertz CT molecular complexity index is 1550. The quantitative estimate of drug-likeness (QED) is 0.194. The van der Waals surface area contributed by atoms with Gasteiger partial charge < -0.3 is 16.3 Å². The predicted octanol–water partition coefficient (Wildman–Crippen LogP) is 6.15. The summed E-state index contributed by atoms with van der Waals surface area (Å²) >= 11 is 0. The molecule has 7 heteroatoms. The van der Waals surface area contributed by atoms with Crippen LogP contribution in [0.25, 0.3) is 10.5 Å². The van der Waals surface area contributed by atoms with Gasteiger partial charge in [0.15, 0.2) is 5.78 Å². The largest absolute Gasteiger partial charge is 0.359 e. The van der Waals surface area contributed by atoms with Crippen LogP contribution in [0.2, 0.25) is 0 Å². The Kier molecular flexibility index (Phi) is 7.42. The molecule has 3 aromatic carbocycles. The first kappa shape index (κ1) is 26.5. The molecular weight excluding hydrogens is 489 g/mol. The molecule has 0 saturated heterocycles. The molecule has 1 aliphatic rings. The molecule has 1 aliphatic carbocycles. The first-order chi connectivity index (χ1) is 18.8. The maximum atomic E-state index is 15.1. The number of nitrogens with zero attached hydrogens (tertiary/aromatic N) is 3. The summed E-state index contributed by atoms with van der Waals surface area (Å²) in [6, 6.07) is 21.8. The number of nitrogens with two attached hydrogens (primary N) is 2. The van der Waals surface area contributed by atoms with Crippen LogP contribution >= 0.6 is 0 Å². The van der Waals surface area contributed by atoms with Crippen LogP contribution in [0.4, 0.5) is 10.2 Å². The summed E-state index contributed by atoms with van der Waals surface area (Å²) < 4.78 is 16.6. The molecule has 4 N–H and O–H groups in total. The Morgan fingerprint density at radius 2 is 1.85 bits per heavy atom. The molecule has 6 nitrogen and oxygen atoms in total. The van der Waals surface area contributed by atoms with Crippen molar-refractivity contribution in [3.05, 3.63) is 124 Å². The summed E-state index contributed by atoms with van der Waals surface area (Å²) in [5, 5.41) is 4.30. The highest BCUT2D eigenvalue weighted by Gasteiger charge is 2.33. The lowest BCUT2D eigenvalue weighted by Gasteiger charge is -2.32. The molecule has 1 saturated carbocycles. The second-order valence-electron chi connectivity index (χ2n) is 10.5. The number of aromatic nitrogens is 2. The average Bonchev–Trinajstić information content (AvgIpc) is 3.69. The Labute approximate surface area is 228 Å². The van der Waals surface area contributed by atoms with Gasteiger partial charge in [-0.3, -0.25) is 4.79 Å². The van der Waals surface area contributed by atoms with Crippen molar-refractivity contribution >= 4 is 11.6 Å². The molecule has 198 valence electrons. The van der Waals surface area contributed by atoms with E-state index in [1.54, 1.807) is 18.2 Å². The van der Waals surface area contributed by atoms with E-state index in [1.807, 2.05) is 49.4 Å². The molecule has 39 heavy (non-hydrogen) atoms. The Hall–Kier alpha value is -4.12. The third-order valence-corrected chi connectivity index (χ3v) is 7.61. The fourth-order valence-corrected chi connectivity index (χ4v) is 5.03. The van der Waals surface area contributed by atoms with Gasteiger partial charge in [0.25, 0.3) is 5.82 Å². The zero-order valence-electron chi connectivity index (χ0n) is 22.0. The molecule has 5 rings (SSSR count). The number of ketones is 1. The van der Waals surface area contributed by atoms with Crippen molar-refractivity contribution in [3.8, 4) is 5.69 Å². The van der Waals surface area contributed by atoms with Gasteiger partial charge in [-0.05, 0) is 77.3 Å². The summed E-state index contributed by atoms with van der Waals surface area (Å²) in [5.41, 5.74) is 16.9. The van der Waals surface area contributed by atoms with Crippen LogP contribution in [0.15, 0.2) is 72.8 Å². The lowest BCUT2D eigenvalue weighted by atomic mass is 9.78. The smallest absolute Gasteiger partial charge is 0.296 e. The molecule has 0 bridgehead atoms. The minimum absolute atomic E-state index is 0.0890. The number of rotatable bonds is 10. The fourth-order valence-electron chi connectivity index (χ4n) is 5.03. The van der Waals surface area contributed by atoms with E-state index in [9.17, 15) is 4.79 Å². The van der Waals surface area contributed by atoms with E-state index in [0.717, 1.165) is 35.1 Å². The summed E-state index contributed by atoms with van der Waals surface area (Å²) in [7, 11) is 0. The molecule has 0 radical (unpaired) electrons. The number of Topliss-reactive ketones (excluding diaryl/α,β-unsaturated/α-hetero) is 1. The van der Waals surface area contributed by atoms with Crippen molar-refractivity contribution in [1.82, 2.24) is 9.78 Å². The third kappa shape index (κ3) is 5.68. The van der Waals surface area contributed by atoms with Crippen molar-refractivity contribution in [2.75, 3.05) is 0 Å². The predicted molar refractivity (Wildman–Crippen MR) is 150 cm³/mol. The van der Waals surface area contributed by atoms with Gasteiger partial charge in [-0.2, -0.15) is 4.68 Å². The number of benzene rings is 3. The average molecular weight is 522 g/mol. The van der Waals surface area contributed by atoms with Crippen LogP contribution in [0.1, 0.15) is 64.0 Å². The molecule has 1 heterocycles. The molecule has 1 fully saturated rings. The van der Waals surface area contributed by atoms with Crippen molar-refractivity contribution in [3.63, 3.8) is 0 Å². The SMILES string of the molecule is [C-]#[N+]c1cc(C(=O)Cc2cc(C(N)(CCC3CC3)c3ccc(C)cc3)ccc2F)n(-c2cccc(CN)c2)n1. The minimum atomic E-state index is -0.802. The summed E-state index contributed by atoms with van der Waals surface area (Å²) in [4.78, 5) is 17.0. The van der Waals surface area contributed by atoms with Crippen LogP contribution in [0.3, 0.4) is 0 Å². The highest BCUT2D eigenvalue weighted by atomic mass is 19.1. The van der Waals surface area contributed by atoms with E-state index >= 15 is 4.39 Å². The van der Waals surface area contributed by atoms with Gasteiger partial charge in [0, 0.05) is 13.0 Å². The van der Waals surface area contributed by atoms with Gasteiger partial charge >= 0.3 is 0 Å². The molecule has 4 aromatic rings. The Morgan fingerprint density at radius 1 is 1.10 bits per heavy atom. The van der Waals surface area contributed by atoms with Crippen molar-refractivity contribution < 1.29 is 9.18 Å². The standard InChI is InChI=1S/C32H32FN5O/c1-21-6-10-25(11-7-21)32(35,15-14-22-8-9-22)26-12-13-28(33)24(17-26)18-30(39)29-19-31(36-2)37-38(29)27-5-3-4-23(16-27)20-34/h3-7,10-13,16-17,19,22H,8-9,14-15,18,20,34-35H2,1H3. The molecule has 0 amide bonds. The second-order valence-corrected chi connectivity index (χ2v) is 10.5. The summed E-state index contributed by atoms with van der Waals surface area (Å²) in [5.74, 6) is -0.0367. The van der Waals surface area contributed by atoms with Crippen molar-refractivity contribution in [2.45, 2.75) is 51.1 Å². The number of hydrogen-bond donors (Lipinski definition) is 2. The summed E-state index contributed by atoms with van der Waals surface area (Å²) in [6.07, 6.45) is 3.99. The van der Waals surface area contributed by atoms with Crippen molar-refractivity contribution in [2.24, 2.45) is 17.4 Å². The minimum Gasteiger partial charge on any atom is -0.359 e. The molecule has 0 aliphatic heterocycles. The van der Waals surface area contributed by atoms with Gasteiger partial charge in [-0.25, -0.2) is 4.39 Å². The number of carbonyl (C=O) groups is 1. The van der Waals surface area contributed by atoms with Crippen LogP contribution in [-0.4, -0.2) is 15.6 Å². The Morgan fingerprint density at radius 3 is 2.54 bits per heavy atom. The maximum Gasteiger partial charge on any atom is 0.296 e. The molecule has 1 unspecified atom stereocenters. The third-order valence-electron chi connectivity index (χ3n) is 7.61. The van der Waals surface area contributed by atoms with E-state index in [-0.39, 0.29) is 29.3 Å². The van der Waals surface area contributed by atoms with E-state index in [0.29, 0.717) is 18.2 Å². The normalized spacial score (nSPS) is 14.5. The molecule has 1 aromatic heterocycles. The van der Waals surface area contributed by atoms with Gasteiger partial charge in [0.1, 0.15) is 11.5 Å². The lowest BCUT2D eigenvalue weighted by molar-refractivity contribution is 0.0984. The highest BCUT2D eigenvalue weighted by molar-refractivity contribution is 5.97. The maximum absolute atomic E-state index is 15.1. The van der Waals surface area contributed by atoms with E-state index in [2.05, 4.69) is 9.94 Å². The van der Waals surface area contributed by atoms with E-state index < -0.39 is 11.4 Å². The van der Waals surface area contributed by atoms with Gasteiger partial charge in [0.05, 0.1) is 11.2 Å². The first-order valence-electron chi connectivity index (χ1n) is 13.3. The summed E-state index contributed by atoms with van der Waals surface area (Å²) in [6.45, 7) is 9.76. The van der Waals surface area contributed by atoms with E-state index in [1.165, 1.54) is 29.7 Å². The van der Waals surface area contributed by atoms with Crippen LogP contribution in [0.5, 0.6) is 0 Å².